The molecule has 0 atom stereocenters. The Morgan fingerprint density at radius 3 is 2.50 bits per heavy atom. The van der Waals surface area contributed by atoms with Gasteiger partial charge in [0.15, 0.2) is 11.5 Å². The molecule has 1 aliphatic rings. The van der Waals surface area contributed by atoms with E-state index in [1.165, 1.54) is 28.6 Å². The zero-order chi connectivity index (χ0) is 17.2. The molecular formula is C17H16N2O4S. The van der Waals surface area contributed by atoms with Gasteiger partial charge in [-0.1, -0.05) is 13.0 Å². The zero-order valence-electron chi connectivity index (χ0n) is 13.1. The molecule has 0 radical (unpaired) electrons. The molecule has 124 valence electrons. The molecule has 0 bridgehead atoms. The summed E-state index contributed by atoms with van der Waals surface area (Å²) in [5.41, 5.74) is 1.24. The molecule has 6 nitrogen and oxygen atoms in total. The molecular weight excluding hydrogens is 328 g/mol. The van der Waals surface area contributed by atoms with Crippen molar-refractivity contribution in [2.24, 2.45) is 0 Å². The van der Waals surface area contributed by atoms with Crippen LogP contribution in [0.1, 0.15) is 18.1 Å². The summed E-state index contributed by atoms with van der Waals surface area (Å²) in [6, 6.07) is 13.3. The molecule has 24 heavy (non-hydrogen) atoms. The maximum Gasteiger partial charge on any atom is 0.243 e. The Morgan fingerprint density at radius 1 is 1.12 bits per heavy atom. The van der Waals surface area contributed by atoms with Gasteiger partial charge in [-0.25, -0.2) is 8.42 Å². The maximum absolute atomic E-state index is 12.8. The maximum atomic E-state index is 12.8. The van der Waals surface area contributed by atoms with Crippen molar-refractivity contribution in [3.8, 4) is 17.6 Å². The second-order valence-electron chi connectivity index (χ2n) is 5.26. The molecule has 2 aromatic rings. The van der Waals surface area contributed by atoms with Gasteiger partial charge in [-0.15, -0.1) is 0 Å². The van der Waals surface area contributed by atoms with Gasteiger partial charge >= 0.3 is 0 Å². The van der Waals surface area contributed by atoms with E-state index in [9.17, 15) is 8.42 Å². The molecule has 7 heteroatoms. The first-order valence-corrected chi connectivity index (χ1v) is 8.87. The van der Waals surface area contributed by atoms with Crippen LogP contribution in [0.25, 0.3) is 0 Å². The molecule has 2 aromatic carbocycles. The van der Waals surface area contributed by atoms with Crippen LogP contribution in [0.15, 0.2) is 47.4 Å². The van der Waals surface area contributed by atoms with Crippen molar-refractivity contribution in [3.63, 3.8) is 0 Å². The average Bonchev–Trinajstić information content (AvgIpc) is 3.07. The van der Waals surface area contributed by atoms with Gasteiger partial charge < -0.3 is 9.47 Å². The second-order valence-corrected chi connectivity index (χ2v) is 7.19. The van der Waals surface area contributed by atoms with E-state index in [2.05, 4.69) is 0 Å². The van der Waals surface area contributed by atoms with Gasteiger partial charge in [0.05, 0.1) is 16.5 Å². The molecule has 0 saturated heterocycles. The molecule has 3 rings (SSSR count). The van der Waals surface area contributed by atoms with Gasteiger partial charge in [-0.2, -0.15) is 9.57 Å². The number of rotatable bonds is 5. The number of nitrogens with zero attached hydrogens (tertiary/aromatic N) is 2. The van der Waals surface area contributed by atoms with Crippen molar-refractivity contribution in [1.82, 2.24) is 4.31 Å². The van der Waals surface area contributed by atoms with E-state index in [-0.39, 0.29) is 18.2 Å². The monoisotopic (exact) mass is 344 g/mol. The fourth-order valence-corrected chi connectivity index (χ4v) is 3.90. The van der Waals surface area contributed by atoms with Crippen LogP contribution in [0.5, 0.6) is 11.5 Å². The number of sulfonamides is 1. The Balaban J connectivity index is 1.85. The molecule has 1 aliphatic heterocycles. The normalized spacial score (nSPS) is 13.0. The lowest BCUT2D eigenvalue weighted by molar-refractivity contribution is 0.174. The third-order valence-corrected chi connectivity index (χ3v) is 5.70. The lowest BCUT2D eigenvalue weighted by Crippen LogP contribution is -2.30. The fourth-order valence-electron chi connectivity index (χ4n) is 2.46. The predicted octanol–water partition coefficient (Wildman–Crippen LogP) is 2.50. The minimum absolute atomic E-state index is 0.170. The van der Waals surface area contributed by atoms with Crippen molar-refractivity contribution < 1.29 is 17.9 Å². The van der Waals surface area contributed by atoms with Crippen molar-refractivity contribution in [2.75, 3.05) is 13.3 Å². The molecule has 0 amide bonds. The number of hydrogen-bond donors (Lipinski definition) is 0. The summed E-state index contributed by atoms with van der Waals surface area (Å²) in [6.45, 7) is 2.53. The third-order valence-electron chi connectivity index (χ3n) is 3.77. The topological polar surface area (TPSA) is 79.6 Å². The molecule has 0 fully saturated rings. The summed E-state index contributed by atoms with van der Waals surface area (Å²) in [5.74, 6) is 1.29. The van der Waals surface area contributed by atoms with E-state index in [0.717, 1.165) is 5.56 Å². The Hall–Kier alpha value is -2.56. The van der Waals surface area contributed by atoms with Crippen LogP contribution in [0.2, 0.25) is 0 Å². The van der Waals surface area contributed by atoms with E-state index in [1.54, 1.807) is 19.1 Å². The third kappa shape index (κ3) is 3.07. The van der Waals surface area contributed by atoms with Crippen LogP contribution in [0.4, 0.5) is 0 Å². The quantitative estimate of drug-likeness (QED) is 0.832. The number of ether oxygens (including phenoxy) is 2. The van der Waals surface area contributed by atoms with E-state index in [1.807, 2.05) is 12.1 Å². The van der Waals surface area contributed by atoms with Gasteiger partial charge in [0.2, 0.25) is 16.8 Å². The Morgan fingerprint density at radius 2 is 1.83 bits per heavy atom. The number of fused-ring (bicyclic) bond motifs is 1. The van der Waals surface area contributed by atoms with E-state index < -0.39 is 10.0 Å². The molecule has 0 aliphatic carbocycles. The van der Waals surface area contributed by atoms with Gasteiger partial charge in [0.1, 0.15) is 0 Å². The highest BCUT2D eigenvalue weighted by Crippen LogP contribution is 2.33. The summed E-state index contributed by atoms with van der Waals surface area (Å²) in [5, 5.41) is 8.83. The minimum atomic E-state index is -3.64. The van der Waals surface area contributed by atoms with E-state index in [0.29, 0.717) is 23.6 Å². The van der Waals surface area contributed by atoms with Crippen LogP contribution in [-0.2, 0) is 16.6 Å². The highest BCUT2D eigenvalue weighted by atomic mass is 32.2. The Kier molecular flexibility index (Phi) is 4.42. The summed E-state index contributed by atoms with van der Waals surface area (Å²) < 4.78 is 37.5. The predicted molar refractivity (Wildman–Crippen MR) is 87.0 cm³/mol. The zero-order valence-corrected chi connectivity index (χ0v) is 13.9. The van der Waals surface area contributed by atoms with Crippen LogP contribution in [0, 0.1) is 11.3 Å². The smallest absolute Gasteiger partial charge is 0.243 e. The Labute approximate surface area is 140 Å². The van der Waals surface area contributed by atoms with Crippen molar-refractivity contribution in [3.05, 3.63) is 53.6 Å². The van der Waals surface area contributed by atoms with Crippen LogP contribution >= 0.6 is 0 Å². The van der Waals surface area contributed by atoms with Crippen molar-refractivity contribution >= 4 is 10.0 Å². The SMILES string of the molecule is CCN(Cc1ccc2c(c1)OCO2)S(=O)(=O)c1ccc(C#N)cc1. The first-order valence-electron chi connectivity index (χ1n) is 7.43. The second kappa shape index (κ2) is 6.51. The summed E-state index contributed by atoms with van der Waals surface area (Å²) in [6.07, 6.45) is 0. The Bertz CT molecular complexity index is 886. The molecule has 0 unspecified atom stereocenters. The first kappa shape index (κ1) is 16.3. The van der Waals surface area contributed by atoms with Crippen LogP contribution < -0.4 is 9.47 Å². The van der Waals surface area contributed by atoms with Crippen LogP contribution in [0.3, 0.4) is 0 Å². The fraction of sp³-hybridized carbons (Fsp3) is 0.235. The van der Waals surface area contributed by atoms with Gasteiger partial charge in [-0.05, 0) is 42.0 Å². The van der Waals surface area contributed by atoms with Gasteiger partial charge in [-0.3, -0.25) is 0 Å². The van der Waals surface area contributed by atoms with Crippen molar-refractivity contribution in [1.29, 1.82) is 5.26 Å². The highest BCUT2D eigenvalue weighted by Gasteiger charge is 2.24. The van der Waals surface area contributed by atoms with E-state index in [4.69, 9.17) is 14.7 Å². The van der Waals surface area contributed by atoms with E-state index >= 15 is 0 Å². The molecule has 0 N–H and O–H groups in total. The standard InChI is InChI=1S/C17H16N2O4S/c1-2-19(11-14-5-8-16-17(9-14)23-12-22-16)24(20,21)15-6-3-13(10-18)4-7-15/h3-9H,2,11-12H2,1H3. The number of nitriles is 1. The first-order chi connectivity index (χ1) is 11.5. The van der Waals surface area contributed by atoms with Gasteiger partial charge in [0.25, 0.3) is 0 Å². The summed E-state index contributed by atoms with van der Waals surface area (Å²) in [7, 11) is -3.64. The van der Waals surface area contributed by atoms with Crippen LogP contribution in [-0.4, -0.2) is 26.1 Å². The number of benzene rings is 2. The molecule has 0 aromatic heterocycles. The molecule has 0 saturated carbocycles. The lowest BCUT2D eigenvalue weighted by Gasteiger charge is -2.20. The molecule has 0 spiro atoms. The molecule has 1 heterocycles. The van der Waals surface area contributed by atoms with Crippen molar-refractivity contribution in [2.45, 2.75) is 18.4 Å². The average molecular weight is 344 g/mol. The largest absolute Gasteiger partial charge is 0.454 e. The van der Waals surface area contributed by atoms with Gasteiger partial charge in [0, 0.05) is 13.1 Å². The lowest BCUT2D eigenvalue weighted by atomic mass is 10.2. The number of hydrogen-bond acceptors (Lipinski definition) is 5. The highest BCUT2D eigenvalue weighted by molar-refractivity contribution is 7.89. The summed E-state index contributed by atoms with van der Waals surface area (Å²) >= 11 is 0. The summed E-state index contributed by atoms with van der Waals surface area (Å²) in [4.78, 5) is 0.170. The minimum Gasteiger partial charge on any atom is -0.454 e.